The molecule has 0 aliphatic heterocycles. The SMILES string of the molecule is Cc1ccc(S(=O)C(C)CCc2ccccc2)cc1. The van der Waals surface area contributed by atoms with Crippen molar-refractivity contribution in [3.63, 3.8) is 0 Å². The topological polar surface area (TPSA) is 17.1 Å². The van der Waals surface area contributed by atoms with Gasteiger partial charge >= 0.3 is 0 Å². The van der Waals surface area contributed by atoms with Crippen molar-refractivity contribution in [3.8, 4) is 0 Å². The fourth-order valence-corrected chi connectivity index (χ4v) is 3.23. The fraction of sp³-hybridized carbons (Fsp3) is 0.294. The highest BCUT2D eigenvalue weighted by Gasteiger charge is 2.13. The molecule has 2 heteroatoms. The van der Waals surface area contributed by atoms with Crippen molar-refractivity contribution in [2.45, 2.75) is 36.8 Å². The van der Waals surface area contributed by atoms with E-state index in [0.29, 0.717) is 0 Å². The van der Waals surface area contributed by atoms with E-state index in [0.717, 1.165) is 17.7 Å². The summed E-state index contributed by atoms with van der Waals surface area (Å²) in [7, 11) is -0.910. The van der Waals surface area contributed by atoms with E-state index < -0.39 is 10.8 Å². The number of rotatable bonds is 5. The highest BCUT2D eigenvalue weighted by molar-refractivity contribution is 7.85. The summed E-state index contributed by atoms with van der Waals surface area (Å²) in [5.74, 6) is 0. The molecule has 0 bridgehead atoms. The van der Waals surface area contributed by atoms with Crippen LogP contribution in [0.1, 0.15) is 24.5 Å². The molecule has 0 aliphatic carbocycles. The monoisotopic (exact) mass is 272 g/mol. The normalized spacial score (nSPS) is 14.0. The summed E-state index contributed by atoms with van der Waals surface area (Å²) in [6.45, 7) is 4.12. The van der Waals surface area contributed by atoms with Crippen LogP contribution in [0.4, 0.5) is 0 Å². The molecule has 2 atom stereocenters. The van der Waals surface area contributed by atoms with E-state index in [1.807, 2.05) is 37.3 Å². The van der Waals surface area contributed by atoms with Gasteiger partial charge in [-0.15, -0.1) is 0 Å². The third kappa shape index (κ3) is 4.03. The van der Waals surface area contributed by atoms with Gasteiger partial charge in [0.25, 0.3) is 0 Å². The van der Waals surface area contributed by atoms with E-state index in [-0.39, 0.29) is 5.25 Å². The van der Waals surface area contributed by atoms with Crippen molar-refractivity contribution in [1.29, 1.82) is 0 Å². The van der Waals surface area contributed by atoms with Crippen molar-refractivity contribution in [2.75, 3.05) is 0 Å². The lowest BCUT2D eigenvalue weighted by molar-refractivity contribution is 0.665. The molecule has 2 aromatic rings. The molecule has 0 spiro atoms. The second-order valence-electron chi connectivity index (χ2n) is 4.95. The van der Waals surface area contributed by atoms with Gasteiger partial charge in [0.15, 0.2) is 0 Å². The van der Waals surface area contributed by atoms with E-state index in [4.69, 9.17) is 0 Å². The minimum absolute atomic E-state index is 0.183. The lowest BCUT2D eigenvalue weighted by atomic mass is 10.1. The second kappa shape index (κ2) is 6.67. The summed E-state index contributed by atoms with van der Waals surface area (Å²) >= 11 is 0. The Kier molecular flexibility index (Phi) is 4.92. The van der Waals surface area contributed by atoms with Crippen LogP contribution in [0.5, 0.6) is 0 Å². The summed E-state index contributed by atoms with van der Waals surface area (Å²) < 4.78 is 12.4. The highest BCUT2D eigenvalue weighted by Crippen LogP contribution is 2.16. The van der Waals surface area contributed by atoms with Crippen LogP contribution in [0.25, 0.3) is 0 Å². The van der Waals surface area contributed by atoms with E-state index in [9.17, 15) is 4.21 Å². The average Bonchev–Trinajstić information content (AvgIpc) is 2.46. The standard InChI is InChI=1S/C17H20OS/c1-14-8-12-17(13-9-14)19(18)15(2)10-11-16-6-4-3-5-7-16/h3-9,12-13,15H,10-11H2,1-2H3. The number of hydrogen-bond donors (Lipinski definition) is 0. The van der Waals surface area contributed by atoms with Gasteiger partial charge in [-0.25, -0.2) is 0 Å². The Hall–Kier alpha value is -1.41. The first kappa shape index (κ1) is 14.0. The lowest BCUT2D eigenvalue weighted by Crippen LogP contribution is -2.12. The Morgan fingerprint density at radius 2 is 1.63 bits per heavy atom. The lowest BCUT2D eigenvalue weighted by Gasteiger charge is -2.11. The van der Waals surface area contributed by atoms with Crippen molar-refractivity contribution in [1.82, 2.24) is 0 Å². The van der Waals surface area contributed by atoms with Crippen molar-refractivity contribution < 1.29 is 4.21 Å². The van der Waals surface area contributed by atoms with Gasteiger partial charge in [0.1, 0.15) is 0 Å². The number of hydrogen-bond acceptors (Lipinski definition) is 1. The Labute approximate surface area is 118 Å². The molecule has 2 unspecified atom stereocenters. The second-order valence-corrected chi connectivity index (χ2v) is 6.82. The third-order valence-electron chi connectivity index (χ3n) is 3.30. The molecule has 0 fully saturated rings. The van der Waals surface area contributed by atoms with Gasteiger partial charge in [0.2, 0.25) is 0 Å². The van der Waals surface area contributed by atoms with Gasteiger partial charge in [0, 0.05) is 10.1 Å². The zero-order valence-corrected chi connectivity index (χ0v) is 12.3. The van der Waals surface area contributed by atoms with Crippen molar-refractivity contribution >= 4 is 10.8 Å². The quantitative estimate of drug-likeness (QED) is 0.800. The minimum atomic E-state index is -0.910. The molecular formula is C17H20OS. The first-order valence-electron chi connectivity index (χ1n) is 6.68. The molecule has 0 saturated carbocycles. The maximum atomic E-state index is 12.4. The van der Waals surface area contributed by atoms with E-state index >= 15 is 0 Å². The zero-order valence-electron chi connectivity index (χ0n) is 11.5. The predicted octanol–water partition coefficient (Wildman–Crippen LogP) is 4.12. The molecule has 100 valence electrons. The maximum absolute atomic E-state index is 12.4. The molecule has 0 N–H and O–H groups in total. The van der Waals surface area contributed by atoms with Gasteiger partial charge in [-0.05, 0) is 37.5 Å². The molecule has 1 nitrogen and oxygen atoms in total. The van der Waals surface area contributed by atoms with Gasteiger partial charge in [0.05, 0.1) is 10.8 Å². The van der Waals surface area contributed by atoms with Crippen LogP contribution in [0.15, 0.2) is 59.5 Å². The van der Waals surface area contributed by atoms with Crippen LogP contribution in [-0.4, -0.2) is 9.46 Å². The van der Waals surface area contributed by atoms with E-state index in [1.165, 1.54) is 11.1 Å². The first-order valence-corrected chi connectivity index (χ1v) is 7.89. The number of benzene rings is 2. The van der Waals surface area contributed by atoms with Crippen molar-refractivity contribution in [2.24, 2.45) is 0 Å². The van der Waals surface area contributed by atoms with Gasteiger partial charge in [-0.1, -0.05) is 55.0 Å². The van der Waals surface area contributed by atoms with Gasteiger partial charge in [-0.2, -0.15) is 0 Å². The first-order chi connectivity index (χ1) is 9.16. The highest BCUT2D eigenvalue weighted by atomic mass is 32.2. The van der Waals surface area contributed by atoms with Crippen molar-refractivity contribution in [3.05, 3.63) is 65.7 Å². The van der Waals surface area contributed by atoms with Crippen LogP contribution in [0.3, 0.4) is 0 Å². The summed E-state index contributed by atoms with van der Waals surface area (Å²) in [5, 5.41) is 0.183. The Morgan fingerprint density at radius 3 is 2.26 bits per heavy atom. The van der Waals surface area contributed by atoms with Crippen LogP contribution in [0.2, 0.25) is 0 Å². The smallest absolute Gasteiger partial charge is 0.0558 e. The molecule has 0 aliphatic rings. The Morgan fingerprint density at radius 1 is 1.00 bits per heavy atom. The molecule has 0 radical (unpaired) electrons. The zero-order chi connectivity index (χ0) is 13.7. The molecule has 19 heavy (non-hydrogen) atoms. The Bertz CT molecular complexity index is 531. The van der Waals surface area contributed by atoms with Gasteiger partial charge in [-0.3, -0.25) is 4.21 Å². The summed E-state index contributed by atoms with van der Waals surface area (Å²) in [6, 6.07) is 18.4. The summed E-state index contributed by atoms with van der Waals surface area (Å²) in [5.41, 5.74) is 2.52. The third-order valence-corrected chi connectivity index (χ3v) is 5.00. The molecule has 2 aromatic carbocycles. The molecule has 0 amide bonds. The van der Waals surface area contributed by atoms with Crippen LogP contribution < -0.4 is 0 Å². The largest absolute Gasteiger partial charge is 0.254 e. The molecule has 0 heterocycles. The van der Waals surface area contributed by atoms with Crippen LogP contribution in [0, 0.1) is 6.92 Å². The number of aryl methyl sites for hydroxylation is 2. The van der Waals surface area contributed by atoms with Crippen LogP contribution >= 0.6 is 0 Å². The minimum Gasteiger partial charge on any atom is -0.254 e. The molecule has 2 rings (SSSR count). The molecular weight excluding hydrogens is 252 g/mol. The molecule has 0 aromatic heterocycles. The summed E-state index contributed by atoms with van der Waals surface area (Å²) in [6.07, 6.45) is 1.93. The fourth-order valence-electron chi connectivity index (χ4n) is 2.03. The van der Waals surface area contributed by atoms with E-state index in [2.05, 4.69) is 31.2 Å². The summed E-state index contributed by atoms with van der Waals surface area (Å²) in [4.78, 5) is 0.936. The maximum Gasteiger partial charge on any atom is 0.0558 e. The van der Waals surface area contributed by atoms with Gasteiger partial charge < -0.3 is 0 Å². The Balaban J connectivity index is 1.94. The van der Waals surface area contributed by atoms with E-state index in [1.54, 1.807) is 0 Å². The average molecular weight is 272 g/mol. The predicted molar refractivity (Wildman–Crippen MR) is 81.8 cm³/mol. The molecule has 0 saturated heterocycles. The van der Waals surface area contributed by atoms with Crippen LogP contribution in [-0.2, 0) is 17.2 Å².